The van der Waals surface area contributed by atoms with Crippen LogP contribution < -0.4 is 5.32 Å². The first-order chi connectivity index (χ1) is 13.8. The number of benzene rings is 1. The third-order valence-corrected chi connectivity index (χ3v) is 8.13. The maximum absolute atomic E-state index is 14.1. The van der Waals surface area contributed by atoms with Gasteiger partial charge in [-0.2, -0.15) is 0 Å². The molecule has 1 aliphatic rings. The van der Waals surface area contributed by atoms with Crippen LogP contribution in [0.5, 0.6) is 0 Å². The van der Waals surface area contributed by atoms with Crippen molar-refractivity contribution < 1.29 is 8.60 Å². The highest BCUT2D eigenvalue weighted by Gasteiger charge is 2.24. The second-order valence-corrected chi connectivity index (χ2v) is 10.8. The number of fused-ring (bicyclic) bond motifs is 1. The molecule has 0 unspecified atom stereocenters. The molecule has 2 N–H and O–H groups in total. The Labute approximate surface area is 171 Å². The van der Waals surface area contributed by atoms with Gasteiger partial charge in [0.15, 0.2) is 0 Å². The Bertz CT molecular complexity index is 1160. The van der Waals surface area contributed by atoms with Crippen LogP contribution in [0.3, 0.4) is 0 Å². The summed E-state index contributed by atoms with van der Waals surface area (Å²) in [6.07, 6.45) is 7.80. The molecule has 0 aliphatic carbocycles. The minimum Gasteiger partial charge on any atom is -0.316 e. The number of nitrogens with zero attached hydrogens (tertiary/aromatic N) is 2. The zero-order chi connectivity index (χ0) is 20.8. The largest absolute Gasteiger partial charge is 0.316 e. The number of aryl methyl sites for hydroxylation is 1. The number of aromatic nitrogens is 2. The third kappa shape index (κ3) is 3.57. The number of pyridine rings is 1. The van der Waals surface area contributed by atoms with Gasteiger partial charge in [0.05, 0.1) is 32.0 Å². The first-order valence-corrected chi connectivity index (χ1v) is 11.6. The van der Waals surface area contributed by atoms with E-state index in [0.29, 0.717) is 11.6 Å². The van der Waals surface area contributed by atoms with Crippen LogP contribution >= 0.6 is 0 Å². The summed E-state index contributed by atoms with van der Waals surface area (Å²) in [5, 5.41) is 4.14. The number of nitrogens with one attached hydrogen (secondary N) is 2. The average molecular weight is 415 g/mol. The van der Waals surface area contributed by atoms with Gasteiger partial charge in [0.25, 0.3) is 0 Å². The van der Waals surface area contributed by atoms with E-state index in [9.17, 15) is 8.60 Å². The Balaban J connectivity index is 1.95. The summed E-state index contributed by atoms with van der Waals surface area (Å²) < 4.78 is 37.7. The van der Waals surface area contributed by atoms with Crippen molar-refractivity contribution in [1.82, 2.24) is 14.9 Å². The molecule has 3 aromatic rings. The van der Waals surface area contributed by atoms with E-state index in [1.165, 1.54) is 17.7 Å². The average Bonchev–Trinajstić information content (AvgIpc) is 3.31. The zero-order valence-electron chi connectivity index (χ0n) is 17.0. The monoisotopic (exact) mass is 414 g/mol. The van der Waals surface area contributed by atoms with E-state index in [-0.39, 0.29) is 4.90 Å². The fourth-order valence-electron chi connectivity index (χ4n) is 4.18. The summed E-state index contributed by atoms with van der Waals surface area (Å²) in [5.41, 5.74) is 3.79. The Hall–Kier alpha value is -2.25. The van der Waals surface area contributed by atoms with E-state index in [1.54, 1.807) is 26.1 Å². The quantitative estimate of drug-likeness (QED) is 0.648. The van der Waals surface area contributed by atoms with Gasteiger partial charge in [-0.3, -0.25) is 4.98 Å². The SMILES string of the molecule is Cc1cncc2c1c(C[C@@H]1CCNC1)cn2-c1ccc(F)cc1[S@@](=N)(=O)C(C)C. The minimum absolute atomic E-state index is 0.236. The van der Waals surface area contributed by atoms with Crippen molar-refractivity contribution in [2.45, 2.75) is 43.8 Å². The van der Waals surface area contributed by atoms with Crippen molar-refractivity contribution >= 4 is 20.6 Å². The molecule has 0 radical (unpaired) electrons. The molecule has 154 valence electrons. The Morgan fingerprint density at radius 3 is 2.86 bits per heavy atom. The smallest absolute Gasteiger partial charge is 0.124 e. The molecule has 1 saturated heterocycles. The molecule has 4 rings (SSSR count). The Morgan fingerprint density at radius 1 is 1.38 bits per heavy atom. The van der Waals surface area contributed by atoms with Gasteiger partial charge in [-0.25, -0.2) is 13.4 Å². The maximum Gasteiger partial charge on any atom is 0.124 e. The standard InChI is InChI=1S/C22H27FN4OS/c1-14(2)29(24,28)21-9-18(23)4-5-19(21)27-13-17(8-16-6-7-25-11-16)22-15(3)10-26-12-20(22)27/h4-5,9-10,12-14,16,24-25H,6-8,11H2,1-3H3/t16-,29-/m0/s1. The van der Waals surface area contributed by atoms with Gasteiger partial charge in [0, 0.05) is 23.0 Å². The van der Waals surface area contributed by atoms with Crippen molar-refractivity contribution in [2.24, 2.45) is 5.92 Å². The number of halogens is 1. The summed E-state index contributed by atoms with van der Waals surface area (Å²) in [7, 11) is -3.16. The fraction of sp³-hybridized carbons (Fsp3) is 0.409. The van der Waals surface area contributed by atoms with Crippen molar-refractivity contribution in [3.63, 3.8) is 0 Å². The lowest BCUT2D eigenvalue weighted by atomic mass is 9.97. The Morgan fingerprint density at radius 2 is 2.17 bits per heavy atom. The molecule has 2 atom stereocenters. The zero-order valence-corrected chi connectivity index (χ0v) is 17.9. The van der Waals surface area contributed by atoms with Gasteiger partial charge >= 0.3 is 0 Å². The van der Waals surface area contributed by atoms with Gasteiger partial charge < -0.3 is 9.88 Å². The van der Waals surface area contributed by atoms with Gasteiger partial charge in [0.2, 0.25) is 0 Å². The van der Waals surface area contributed by atoms with Gasteiger partial charge in [0.1, 0.15) is 5.82 Å². The van der Waals surface area contributed by atoms with E-state index in [1.807, 2.05) is 17.7 Å². The highest BCUT2D eigenvalue weighted by atomic mass is 32.2. The van der Waals surface area contributed by atoms with Crippen molar-refractivity contribution in [1.29, 1.82) is 4.78 Å². The van der Waals surface area contributed by atoms with E-state index >= 15 is 0 Å². The lowest BCUT2D eigenvalue weighted by Crippen LogP contribution is -2.15. The highest BCUT2D eigenvalue weighted by molar-refractivity contribution is 7.93. The topological polar surface area (TPSA) is 70.8 Å². The van der Waals surface area contributed by atoms with Crippen LogP contribution in [0.15, 0.2) is 41.7 Å². The predicted molar refractivity (Wildman–Crippen MR) is 115 cm³/mol. The van der Waals surface area contributed by atoms with Crippen LogP contribution in [0.2, 0.25) is 0 Å². The van der Waals surface area contributed by atoms with E-state index < -0.39 is 20.8 Å². The molecule has 1 fully saturated rings. The molecule has 0 bridgehead atoms. The number of rotatable bonds is 5. The number of hydrogen-bond donors (Lipinski definition) is 2. The van der Waals surface area contributed by atoms with Gasteiger partial charge in [-0.15, -0.1) is 0 Å². The molecule has 7 heteroatoms. The maximum atomic E-state index is 14.1. The molecule has 3 heterocycles. The summed E-state index contributed by atoms with van der Waals surface area (Å²) in [6, 6.07) is 4.24. The van der Waals surface area contributed by atoms with E-state index in [0.717, 1.165) is 42.4 Å². The van der Waals surface area contributed by atoms with Crippen LogP contribution in [-0.2, 0) is 16.1 Å². The molecule has 2 aromatic heterocycles. The van der Waals surface area contributed by atoms with E-state index in [4.69, 9.17) is 4.78 Å². The van der Waals surface area contributed by atoms with Crippen LogP contribution in [0.1, 0.15) is 31.4 Å². The van der Waals surface area contributed by atoms with Crippen LogP contribution in [0.4, 0.5) is 4.39 Å². The Kier molecular flexibility index (Phi) is 5.21. The predicted octanol–water partition coefficient (Wildman–Crippen LogP) is 4.44. The van der Waals surface area contributed by atoms with Crippen LogP contribution in [0, 0.1) is 23.4 Å². The summed E-state index contributed by atoms with van der Waals surface area (Å²) in [5.74, 6) is 0.0952. The minimum atomic E-state index is -3.16. The first kappa shape index (κ1) is 20.0. The highest BCUT2D eigenvalue weighted by Crippen LogP contribution is 2.33. The third-order valence-electron chi connectivity index (χ3n) is 5.82. The van der Waals surface area contributed by atoms with Gasteiger partial charge in [-0.05, 0) is 81.9 Å². The molecule has 0 amide bonds. The normalized spacial score (nSPS) is 19.1. The molecule has 29 heavy (non-hydrogen) atoms. The first-order valence-electron chi connectivity index (χ1n) is 10.0. The molecule has 0 saturated carbocycles. The molecule has 1 aromatic carbocycles. The molecular weight excluding hydrogens is 387 g/mol. The van der Waals surface area contributed by atoms with Crippen molar-refractivity contribution in [2.75, 3.05) is 13.1 Å². The van der Waals surface area contributed by atoms with Crippen molar-refractivity contribution in [3.8, 4) is 5.69 Å². The molecule has 5 nitrogen and oxygen atoms in total. The van der Waals surface area contributed by atoms with Gasteiger partial charge in [-0.1, -0.05) is 0 Å². The summed E-state index contributed by atoms with van der Waals surface area (Å²) >= 11 is 0. The summed E-state index contributed by atoms with van der Waals surface area (Å²) in [4.78, 5) is 4.60. The second-order valence-electron chi connectivity index (χ2n) is 8.20. The van der Waals surface area contributed by atoms with Crippen molar-refractivity contribution in [3.05, 3.63) is 53.7 Å². The summed E-state index contributed by atoms with van der Waals surface area (Å²) in [6.45, 7) is 7.57. The lowest BCUT2D eigenvalue weighted by Gasteiger charge is -2.17. The van der Waals surface area contributed by atoms with Crippen LogP contribution in [-0.4, -0.2) is 32.1 Å². The number of hydrogen-bond acceptors (Lipinski definition) is 4. The second kappa shape index (κ2) is 7.54. The molecule has 1 aliphatic heterocycles. The molecule has 0 spiro atoms. The lowest BCUT2D eigenvalue weighted by molar-refractivity contribution is 0.582. The fourth-order valence-corrected chi connectivity index (χ4v) is 5.45. The molecular formula is C22H27FN4OS. The van der Waals surface area contributed by atoms with E-state index in [2.05, 4.69) is 16.5 Å². The van der Waals surface area contributed by atoms with Crippen LogP contribution in [0.25, 0.3) is 16.6 Å².